The topological polar surface area (TPSA) is 73.2 Å². The van der Waals surface area contributed by atoms with Crippen molar-refractivity contribution in [2.24, 2.45) is 0 Å². The van der Waals surface area contributed by atoms with Crippen LogP contribution in [0.15, 0.2) is 57.3 Å². The standard InChI is InChI=1S/C22H19Cl2N3O3S2/c1-12-9-18-20(32-12)21(29)27(14-4-6-15(30-2)7-5-14)22(26-18)31-11-19(28)25-13-3-8-16(23)17(24)10-13/h3-8,10,12H,9,11H2,1-2H3,(H,25,28). The first kappa shape index (κ1) is 23.0. The molecule has 1 N–H and O–H groups in total. The van der Waals surface area contributed by atoms with Crippen LogP contribution < -0.4 is 15.6 Å². The highest BCUT2D eigenvalue weighted by atomic mass is 35.5. The third kappa shape index (κ3) is 4.93. The van der Waals surface area contributed by atoms with Crippen molar-refractivity contribution in [3.05, 3.63) is 68.6 Å². The van der Waals surface area contributed by atoms with Gasteiger partial charge in [-0.15, -0.1) is 11.8 Å². The molecular weight excluding hydrogens is 489 g/mol. The summed E-state index contributed by atoms with van der Waals surface area (Å²) in [5.41, 5.74) is 1.87. The summed E-state index contributed by atoms with van der Waals surface area (Å²) in [5.74, 6) is 0.519. The molecule has 10 heteroatoms. The third-order valence-electron chi connectivity index (χ3n) is 4.75. The van der Waals surface area contributed by atoms with Crippen LogP contribution >= 0.6 is 46.7 Å². The first-order valence-corrected chi connectivity index (χ1v) is 12.3. The van der Waals surface area contributed by atoms with Gasteiger partial charge in [0.2, 0.25) is 5.91 Å². The number of benzene rings is 2. The molecule has 0 bridgehead atoms. The average Bonchev–Trinajstić information content (AvgIpc) is 3.16. The van der Waals surface area contributed by atoms with Crippen LogP contribution in [0.3, 0.4) is 0 Å². The molecule has 0 aliphatic carbocycles. The number of hydrogen-bond donors (Lipinski definition) is 1. The maximum absolute atomic E-state index is 13.3. The fourth-order valence-electron chi connectivity index (χ4n) is 3.26. The second kappa shape index (κ2) is 9.79. The van der Waals surface area contributed by atoms with E-state index >= 15 is 0 Å². The second-order valence-electron chi connectivity index (χ2n) is 7.11. The predicted molar refractivity (Wildman–Crippen MR) is 131 cm³/mol. The Hall–Kier alpha value is -2.13. The zero-order valence-corrected chi connectivity index (χ0v) is 20.4. The van der Waals surface area contributed by atoms with E-state index in [-0.39, 0.29) is 22.5 Å². The largest absolute Gasteiger partial charge is 0.497 e. The quantitative estimate of drug-likeness (QED) is 0.359. The minimum absolute atomic E-state index is 0.0737. The molecule has 32 heavy (non-hydrogen) atoms. The molecule has 1 aliphatic rings. The van der Waals surface area contributed by atoms with E-state index in [0.29, 0.717) is 37.2 Å². The first-order chi connectivity index (χ1) is 15.4. The number of carbonyl (C=O) groups excluding carboxylic acids is 1. The van der Waals surface area contributed by atoms with Crippen LogP contribution in [-0.4, -0.2) is 33.6 Å². The predicted octanol–water partition coefficient (Wildman–Crippen LogP) is 5.32. The number of hydrogen-bond acceptors (Lipinski definition) is 6. The highest BCUT2D eigenvalue weighted by molar-refractivity contribution is 8.00. The molecule has 0 radical (unpaired) electrons. The Morgan fingerprint density at radius 1 is 1.25 bits per heavy atom. The van der Waals surface area contributed by atoms with Crippen molar-refractivity contribution in [1.29, 1.82) is 0 Å². The summed E-state index contributed by atoms with van der Waals surface area (Å²) < 4.78 is 6.78. The minimum atomic E-state index is -0.243. The lowest BCUT2D eigenvalue weighted by Gasteiger charge is -2.14. The summed E-state index contributed by atoms with van der Waals surface area (Å²) in [5, 5.41) is 4.32. The molecule has 0 saturated carbocycles. The van der Waals surface area contributed by atoms with E-state index in [1.807, 2.05) is 0 Å². The van der Waals surface area contributed by atoms with Crippen LogP contribution in [0, 0.1) is 0 Å². The first-order valence-electron chi connectivity index (χ1n) is 9.70. The lowest BCUT2D eigenvalue weighted by atomic mass is 10.2. The van der Waals surface area contributed by atoms with Crippen molar-refractivity contribution in [2.45, 2.75) is 28.6 Å². The fourth-order valence-corrected chi connectivity index (χ4v) is 5.48. The maximum atomic E-state index is 13.3. The van der Waals surface area contributed by atoms with E-state index in [9.17, 15) is 9.59 Å². The molecule has 0 spiro atoms. The third-order valence-corrected chi connectivity index (χ3v) is 7.64. The molecule has 0 saturated heterocycles. The van der Waals surface area contributed by atoms with Crippen molar-refractivity contribution in [3.63, 3.8) is 0 Å². The molecule has 2 heterocycles. The van der Waals surface area contributed by atoms with E-state index in [4.69, 9.17) is 32.9 Å². The van der Waals surface area contributed by atoms with Crippen LogP contribution in [0.1, 0.15) is 12.6 Å². The van der Waals surface area contributed by atoms with E-state index in [1.54, 1.807) is 54.1 Å². The second-order valence-corrected chi connectivity index (χ2v) is 10.3. The molecule has 4 rings (SSSR count). The molecule has 2 aromatic carbocycles. The number of amides is 1. The van der Waals surface area contributed by atoms with Crippen molar-refractivity contribution in [3.8, 4) is 11.4 Å². The fraction of sp³-hybridized carbons (Fsp3) is 0.227. The molecule has 1 aromatic heterocycles. The number of halogens is 2. The van der Waals surface area contributed by atoms with Gasteiger partial charge in [-0.3, -0.25) is 14.2 Å². The highest BCUT2D eigenvalue weighted by Gasteiger charge is 2.27. The summed E-state index contributed by atoms with van der Waals surface area (Å²) in [6.07, 6.45) is 0.724. The average molecular weight is 508 g/mol. The van der Waals surface area contributed by atoms with Gasteiger partial charge in [-0.05, 0) is 42.5 Å². The summed E-state index contributed by atoms with van der Waals surface area (Å²) in [6.45, 7) is 2.07. The number of carbonyl (C=O) groups is 1. The van der Waals surface area contributed by atoms with Gasteiger partial charge < -0.3 is 10.1 Å². The lowest BCUT2D eigenvalue weighted by Crippen LogP contribution is -2.24. The number of nitrogens with one attached hydrogen (secondary N) is 1. The summed E-state index contributed by atoms with van der Waals surface area (Å²) >= 11 is 14.7. The normalized spacial score (nSPS) is 14.8. The molecule has 0 fully saturated rings. The van der Waals surface area contributed by atoms with Gasteiger partial charge in [0.05, 0.1) is 39.2 Å². The highest BCUT2D eigenvalue weighted by Crippen LogP contribution is 2.35. The molecule has 1 unspecified atom stereocenters. The molecule has 1 atom stereocenters. The van der Waals surface area contributed by atoms with Gasteiger partial charge in [0, 0.05) is 17.4 Å². The van der Waals surface area contributed by atoms with Gasteiger partial charge in [-0.1, -0.05) is 41.9 Å². The van der Waals surface area contributed by atoms with Crippen molar-refractivity contribution in [2.75, 3.05) is 18.2 Å². The van der Waals surface area contributed by atoms with Gasteiger partial charge in [0.15, 0.2) is 5.16 Å². The molecule has 1 aliphatic heterocycles. The van der Waals surface area contributed by atoms with Gasteiger partial charge in [-0.2, -0.15) is 0 Å². The zero-order chi connectivity index (χ0) is 22.8. The van der Waals surface area contributed by atoms with E-state index in [1.165, 1.54) is 23.5 Å². The van der Waals surface area contributed by atoms with Crippen molar-refractivity contribution < 1.29 is 9.53 Å². The molecule has 166 valence electrons. The number of aromatic nitrogens is 2. The number of nitrogens with zero attached hydrogens (tertiary/aromatic N) is 2. The number of ether oxygens (including phenoxy) is 1. The monoisotopic (exact) mass is 507 g/mol. The Bertz CT molecular complexity index is 1230. The minimum Gasteiger partial charge on any atom is -0.497 e. The van der Waals surface area contributed by atoms with Gasteiger partial charge in [0.1, 0.15) is 5.75 Å². The number of methoxy groups -OCH3 is 1. The molecular formula is C22H19Cl2N3O3S2. The van der Waals surface area contributed by atoms with Crippen LogP contribution in [0.25, 0.3) is 5.69 Å². The van der Waals surface area contributed by atoms with E-state index in [0.717, 1.165) is 12.1 Å². The molecule has 6 nitrogen and oxygen atoms in total. The zero-order valence-electron chi connectivity index (χ0n) is 17.2. The SMILES string of the molecule is COc1ccc(-n2c(SCC(=O)Nc3ccc(Cl)c(Cl)c3)nc3c(c2=O)SC(C)C3)cc1. The Morgan fingerprint density at radius 3 is 2.69 bits per heavy atom. The number of rotatable bonds is 6. The Labute approximate surface area is 203 Å². The number of thioether (sulfide) groups is 2. The smallest absolute Gasteiger partial charge is 0.272 e. The Balaban J connectivity index is 1.61. The molecule has 3 aromatic rings. The van der Waals surface area contributed by atoms with Gasteiger partial charge in [-0.25, -0.2) is 4.98 Å². The number of fused-ring (bicyclic) bond motifs is 1. The van der Waals surface area contributed by atoms with E-state index < -0.39 is 0 Å². The Morgan fingerprint density at radius 2 is 2.00 bits per heavy atom. The number of anilines is 1. The van der Waals surface area contributed by atoms with Crippen LogP contribution in [0.4, 0.5) is 5.69 Å². The van der Waals surface area contributed by atoms with Crippen molar-refractivity contribution >= 4 is 58.3 Å². The lowest BCUT2D eigenvalue weighted by molar-refractivity contribution is -0.113. The van der Waals surface area contributed by atoms with Crippen LogP contribution in [0.2, 0.25) is 10.0 Å². The summed E-state index contributed by atoms with van der Waals surface area (Å²) in [4.78, 5) is 31.3. The van der Waals surface area contributed by atoms with Crippen LogP contribution in [-0.2, 0) is 11.2 Å². The van der Waals surface area contributed by atoms with Crippen LogP contribution in [0.5, 0.6) is 5.75 Å². The summed E-state index contributed by atoms with van der Waals surface area (Å²) in [6, 6.07) is 12.1. The summed E-state index contributed by atoms with van der Waals surface area (Å²) in [7, 11) is 1.59. The van der Waals surface area contributed by atoms with Gasteiger partial charge >= 0.3 is 0 Å². The maximum Gasteiger partial charge on any atom is 0.272 e. The van der Waals surface area contributed by atoms with E-state index in [2.05, 4.69) is 12.2 Å². The van der Waals surface area contributed by atoms with Gasteiger partial charge in [0.25, 0.3) is 5.56 Å². The molecule has 1 amide bonds. The van der Waals surface area contributed by atoms with Crippen molar-refractivity contribution in [1.82, 2.24) is 9.55 Å². The Kier molecular flexibility index (Phi) is 7.05.